The first-order valence-electron chi connectivity index (χ1n) is 9.83. The number of hydrogen-bond donors (Lipinski definition) is 3. The first-order chi connectivity index (χ1) is 13.4. The molecule has 1 heterocycles. The number of furan rings is 1. The van der Waals surface area contributed by atoms with E-state index in [4.69, 9.17) is 9.15 Å². The lowest BCUT2D eigenvalue weighted by Crippen LogP contribution is -2.44. The molecule has 6 heteroatoms. The van der Waals surface area contributed by atoms with Gasteiger partial charge in [-0.15, -0.1) is 0 Å². The Balaban J connectivity index is 1.99. The van der Waals surface area contributed by atoms with E-state index < -0.39 is 5.60 Å². The zero-order chi connectivity index (χ0) is 20.6. The zero-order valence-corrected chi connectivity index (χ0v) is 17.6. The summed E-state index contributed by atoms with van der Waals surface area (Å²) in [5.41, 5.74) is 2.00. The van der Waals surface area contributed by atoms with E-state index in [0.717, 1.165) is 34.8 Å². The van der Waals surface area contributed by atoms with Crippen molar-refractivity contribution in [2.45, 2.75) is 53.4 Å². The Morgan fingerprint density at radius 1 is 1.14 bits per heavy atom. The monoisotopic (exact) mass is 387 g/mol. The average Bonchev–Trinajstić information content (AvgIpc) is 3.02. The topological polar surface area (TPSA) is 79.0 Å². The molecule has 0 amide bonds. The number of ether oxygens (including phenoxy) is 1. The summed E-state index contributed by atoms with van der Waals surface area (Å²) in [4.78, 5) is 4.63. The smallest absolute Gasteiger partial charge is 0.191 e. The van der Waals surface area contributed by atoms with Gasteiger partial charge in [-0.2, -0.15) is 0 Å². The summed E-state index contributed by atoms with van der Waals surface area (Å²) < 4.78 is 11.0. The number of nitrogens with zero attached hydrogens (tertiary/aromatic N) is 1. The molecule has 28 heavy (non-hydrogen) atoms. The van der Waals surface area contributed by atoms with Gasteiger partial charge >= 0.3 is 0 Å². The van der Waals surface area contributed by atoms with E-state index in [2.05, 4.69) is 39.9 Å². The van der Waals surface area contributed by atoms with Crippen molar-refractivity contribution in [3.05, 3.63) is 58.5 Å². The van der Waals surface area contributed by atoms with Crippen LogP contribution in [0.15, 0.2) is 39.7 Å². The highest BCUT2D eigenvalue weighted by atomic mass is 16.5. The molecular formula is C22H33N3O3. The molecule has 2 rings (SSSR count). The van der Waals surface area contributed by atoms with Gasteiger partial charge in [0.05, 0.1) is 19.7 Å². The molecule has 0 radical (unpaired) electrons. The first kappa shape index (κ1) is 22.0. The second kappa shape index (κ2) is 10.3. The van der Waals surface area contributed by atoms with Crippen LogP contribution in [-0.2, 0) is 23.5 Å². The van der Waals surface area contributed by atoms with Gasteiger partial charge in [0.2, 0.25) is 0 Å². The number of aryl methyl sites for hydroxylation is 2. The van der Waals surface area contributed by atoms with Crippen LogP contribution in [0.2, 0.25) is 0 Å². The molecule has 0 aliphatic rings. The van der Waals surface area contributed by atoms with Crippen molar-refractivity contribution < 1.29 is 14.3 Å². The molecule has 0 bridgehead atoms. The Morgan fingerprint density at radius 2 is 1.82 bits per heavy atom. The van der Waals surface area contributed by atoms with Gasteiger partial charge in [-0.1, -0.05) is 24.3 Å². The third-order valence-corrected chi connectivity index (χ3v) is 4.48. The molecule has 6 nitrogen and oxygen atoms in total. The maximum Gasteiger partial charge on any atom is 0.191 e. The highest BCUT2D eigenvalue weighted by Gasteiger charge is 2.27. The number of aliphatic hydroxyl groups is 1. The highest BCUT2D eigenvalue weighted by molar-refractivity contribution is 5.79. The molecule has 1 atom stereocenters. The number of nitrogens with one attached hydrogen (secondary N) is 2. The Hall–Kier alpha value is -2.31. The fraction of sp³-hybridized carbons (Fsp3) is 0.500. The summed E-state index contributed by atoms with van der Waals surface area (Å²) in [6, 6.07) is 10.1. The van der Waals surface area contributed by atoms with Crippen molar-refractivity contribution in [1.29, 1.82) is 0 Å². The number of benzene rings is 1. The lowest BCUT2D eigenvalue weighted by Gasteiger charge is -2.24. The lowest BCUT2D eigenvalue weighted by molar-refractivity contribution is 0.0601. The molecule has 0 saturated heterocycles. The summed E-state index contributed by atoms with van der Waals surface area (Å²) in [6.07, 6.45) is 0. The Bertz CT molecular complexity index is 764. The predicted octanol–water partition coefficient (Wildman–Crippen LogP) is 3.40. The first-order valence-corrected chi connectivity index (χ1v) is 9.83. The minimum Gasteiger partial charge on any atom is -0.466 e. The molecule has 2 aromatic rings. The molecule has 1 unspecified atom stereocenters. The van der Waals surface area contributed by atoms with Crippen LogP contribution < -0.4 is 10.6 Å². The number of guanidine groups is 1. The third kappa shape index (κ3) is 6.39. The van der Waals surface area contributed by atoms with Gasteiger partial charge in [0, 0.05) is 18.7 Å². The summed E-state index contributed by atoms with van der Waals surface area (Å²) in [5.74, 6) is 2.19. The second-order valence-corrected chi connectivity index (χ2v) is 7.10. The standard InChI is InChI=1S/C22H33N3O3/c1-6-23-21(24-13-18-8-10-19(11-9-18)14-27-7-2)25-15-22(5,26)20-12-16(3)28-17(20)4/h8-12,26H,6-7,13-15H2,1-5H3,(H2,23,24,25). The normalized spacial score (nSPS) is 14.0. The van der Waals surface area contributed by atoms with Crippen LogP contribution in [-0.4, -0.2) is 30.8 Å². The maximum absolute atomic E-state index is 10.9. The van der Waals surface area contributed by atoms with E-state index in [-0.39, 0.29) is 0 Å². The van der Waals surface area contributed by atoms with E-state index in [1.807, 2.05) is 33.8 Å². The van der Waals surface area contributed by atoms with Gasteiger partial charge in [-0.3, -0.25) is 0 Å². The average molecular weight is 388 g/mol. The molecule has 0 aliphatic carbocycles. The summed E-state index contributed by atoms with van der Waals surface area (Å²) in [7, 11) is 0. The van der Waals surface area contributed by atoms with Crippen LogP contribution in [0, 0.1) is 13.8 Å². The quantitative estimate of drug-likeness (QED) is 0.454. The number of hydrogen-bond acceptors (Lipinski definition) is 4. The van der Waals surface area contributed by atoms with Crippen LogP contribution in [0.4, 0.5) is 0 Å². The van der Waals surface area contributed by atoms with E-state index >= 15 is 0 Å². The van der Waals surface area contributed by atoms with Crippen molar-refractivity contribution in [3.63, 3.8) is 0 Å². The van der Waals surface area contributed by atoms with Crippen molar-refractivity contribution in [3.8, 4) is 0 Å². The maximum atomic E-state index is 10.9. The van der Waals surface area contributed by atoms with Crippen molar-refractivity contribution in [2.24, 2.45) is 4.99 Å². The van der Waals surface area contributed by atoms with E-state index in [0.29, 0.717) is 32.3 Å². The van der Waals surface area contributed by atoms with Gasteiger partial charge in [0.15, 0.2) is 5.96 Å². The molecule has 3 N–H and O–H groups in total. The minimum absolute atomic E-state index is 0.325. The zero-order valence-electron chi connectivity index (χ0n) is 17.6. The molecule has 0 fully saturated rings. The molecular weight excluding hydrogens is 354 g/mol. The Kier molecular flexibility index (Phi) is 8.08. The van der Waals surface area contributed by atoms with E-state index in [1.54, 1.807) is 6.92 Å². The highest BCUT2D eigenvalue weighted by Crippen LogP contribution is 2.26. The van der Waals surface area contributed by atoms with Crippen molar-refractivity contribution in [2.75, 3.05) is 19.7 Å². The fourth-order valence-electron chi connectivity index (χ4n) is 2.99. The summed E-state index contributed by atoms with van der Waals surface area (Å²) >= 11 is 0. The molecule has 154 valence electrons. The van der Waals surface area contributed by atoms with Gasteiger partial charge in [-0.25, -0.2) is 4.99 Å². The van der Waals surface area contributed by atoms with Crippen LogP contribution in [0.25, 0.3) is 0 Å². The summed E-state index contributed by atoms with van der Waals surface area (Å²) in [6.45, 7) is 12.5. The molecule has 1 aromatic heterocycles. The van der Waals surface area contributed by atoms with Gasteiger partial charge in [-0.05, 0) is 51.8 Å². The van der Waals surface area contributed by atoms with Crippen LogP contribution in [0.5, 0.6) is 0 Å². The second-order valence-electron chi connectivity index (χ2n) is 7.10. The SMILES string of the molecule is CCNC(=NCc1ccc(COCC)cc1)NCC(C)(O)c1cc(C)oc1C. The molecule has 0 aliphatic heterocycles. The Morgan fingerprint density at radius 3 is 2.39 bits per heavy atom. The van der Waals surface area contributed by atoms with Crippen LogP contribution in [0.1, 0.15) is 49.0 Å². The predicted molar refractivity (Wildman–Crippen MR) is 112 cm³/mol. The largest absolute Gasteiger partial charge is 0.466 e. The lowest BCUT2D eigenvalue weighted by atomic mass is 9.96. The van der Waals surface area contributed by atoms with Crippen LogP contribution in [0.3, 0.4) is 0 Å². The number of rotatable bonds is 9. The minimum atomic E-state index is -1.06. The van der Waals surface area contributed by atoms with Gasteiger partial charge in [0.25, 0.3) is 0 Å². The van der Waals surface area contributed by atoms with Crippen LogP contribution >= 0.6 is 0 Å². The van der Waals surface area contributed by atoms with Crippen molar-refractivity contribution >= 4 is 5.96 Å². The molecule has 1 aromatic carbocycles. The molecule has 0 spiro atoms. The fourth-order valence-corrected chi connectivity index (χ4v) is 2.99. The van der Waals surface area contributed by atoms with Gasteiger partial charge in [0.1, 0.15) is 17.1 Å². The Labute approximate surface area is 168 Å². The number of aliphatic imine (C=N–C) groups is 1. The van der Waals surface area contributed by atoms with Crippen molar-refractivity contribution in [1.82, 2.24) is 10.6 Å². The molecule has 0 saturated carbocycles. The summed E-state index contributed by atoms with van der Waals surface area (Å²) in [5, 5.41) is 17.3. The van der Waals surface area contributed by atoms with E-state index in [1.165, 1.54) is 0 Å². The third-order valence-electron chi connectivity index (χ3n) is 4.48. The van der Waals surface area contributed by atoms with Gasteiger partial charge < -0.3 is 24.9 Å². The van der Waals surface area contributed by atoms with E-state index in [9.17, 15) is 5.11 Å².